The van der Waals surface area contributed by atoms with E-state index in [2.05, 4.69) is 20.6 Å². The largest absolute Gasteiger partial charge is 0.271 e. The first-order valence-electron chi connectivity index (χ1n) is 4.71. The number of aromatic amines is 1. The van der Waals surface area contributed by atoms with E-state index in [4.69, 9.17) is 5.84 Å². The number of H-pyrrole nitrogens is 1. The molecule has 0 aliphatic heterocycles. The normalized spacial score (nSPS) is 18.8. The number of hydrazine groups is 1. The monoisotopic (exact) mass is 181 g/mol. The fraction of sp³-hybridized carbons (Fsp3) is 0.750. The summed E-state index contributed by atoms with van der Waals surface area (Å²) in [4.78, 5) is 4.08. The second-order valence-electron chi connectivity index (χ2n) is 3.61. The molecular formula is C8H15N5. The van der Waals surface area contributed by atoms with E-state index in [-0.39, 0.29) is 6.04 Å². The van der Waals surface area contributed by atoms with E-state index in [1.165, 1.54) is 25.6 Å². The van der Waals surface area contributed by atoms with E-state index in [0.29, 0.717) is 0 Å². The van der Waals surface area contributed by atoms with Crippen LogP contribution in [0.5, 0.6) is 0 Å². The smallest absolute Gasteiger partial charge is 0.142 e. The summed E-state index contributed by atoms with van der Waals surface area (Å²) in [5.41, 5.74) is 2.75. The highest BCUT2D eigenvalue weighted by molar-refractivity contribution is 4.91. The van der Waals surface area contributed by atoms with Gasteiger partial charge in [0.2, 0.25) is 0 Å². The summed E-state index contributed by atoms with van der Waals surface area (Å²) in [6.45, 7) is 0. The van der Waals surface area contributed by atoms with Gasteiger partial charge >= 0.3 is 0 Å². The van der Waals surface area contributed by atoms with Crippen LogP contribution in [0.2, 0.25) is 0 Å². The van der Waals surface area contributed by atoms with Crippen molar-refractivity contribution in [1.82, 2.24) is 20.6 Å². The van der Waals surface area contributed by atoms with Gasteiger partial charge in [-0.2, -0.15) is 5.10 Å². The van der Waals surface area contributed by atoms with Crippen LogP contribution < -0.4 is 11.3 Å². The zero-order chi connectivity index (χ0) is 9.10. The molecule has 13 heavy (non-hydrogen) atoms. The minimum Gasteiger partial charge on any atom is -0.271 e. The Morgan fingerprint density at radius 2 is 2.54 bits per heavy atom. The Labute approximate surface area is 77.1 Å². The van der Waals surface area contributed by atoms with Gasteiger partial charge in [0.05, 0.1) is 6.04 Å². The van der Waals surface area contributed by atoms with Crippen LogP contribution in [-0.2, 0) is 0 Å². The summed E-state index contributed by atoms with van der Waals surface area (Å²) in [5, 5.41) is 6.63. The summed E-state index contributed by atoms with van der Waals surface area (Å²) in [7, 11) is 0. The molecule has 1 aromatic heterocycles. The van der Waals surface area contributed by atoms with Crippen molar-refractivity contribution >= 4 is 0 Å². The highest BCUT2D eigenvalue weighted by Gasteiger charge is 2.23. The van der Waals surface area contributed by atoms with Gasteiger partial charge in [0.15, 0.2) is 0 Å². The maximum Gasteiger partial charge on any atom is 0.142 e. The molecule has 5 nitrogen and oxygen atoms in total. The van der Waals surface area contributed by atoms with Crippen molar-refractivity contribution in [2.75, 3.05) is 0 Å². The first-order valence-corrected chi connectivity index (χ1v) is 4.71. The summed E-state index contributed by atoms with van der Waals surface area (Å²) in [5.74, 6) is 7.20. The second kappa shape index (κ2) is 3.85. The Morgan fingerprint density at radius 3 is 3.08 bits per heavy atom. The van der Waals surface area contributed by atoms with Crippen LogP contribution in [0.25, 0.3) is 0 Å². The number of nitrogens with two attached hydrogens (primary N) is 1. The number of aromatic nitrogens is 3. The molecule has 1 unspecified atom stereocenters. The zero-order valence-electron chi connectivity index (χ0n) is 7.53. The van der Waals surface area contributed by atoms with E-state index in [0.717, 1.165) is 18.2 Å². The molecule has 1 fully saturated rings. The van der Waals surface area contributed by atoms with Crippen molar-refractivity contribution in [3.63, 3.8) is 0 Å². The molecule has 1 heterocycles. The van der Waals surface area contributed by atoms with Gasteiger partial charge in [-0.05, 0) is 18.8 Å². The molecule has 1 aromatic rings. The van der Waals surface area contributed by atoms with Gasteiger partial charge in [-0.25, -0.2) is 10.4 Å². The van der Waals surface area contributed by atoms with Crippen molar-refractivity contribution in [1.29, 1.82) is 0 Å². The summed E-state index contributed by atoms with van der Waals surface area (Å²) >= 11 is 0. The van der Waals surface area contributed by atoms with Crippen LogP contribution in [0.1, 0.15) is 37.5 Å². The standard InChI is InChI=1S/C8H15N5/c9-12-7(4-3-6-1-2-6)8-10-5-11-13-8/h5-7,12H,1-4,9H2,(H,10,11,13). The van der Waals surface area contributed by atoms with Gasteiger partial charge < -0.3 is 0 Å². The number of hydrogen-bond acceptors (Lipinski definition) is 4. The molecule has 72 valence electrons. The van der Waals surface area contributed by atoms with Gasteiger partial charge in [0.1, 0.15) is 12.2 Å². The van der Waals surface area contributed by atoms with E-state index >= 15 is 0 Å². The molecule has 1 aliphatic rings. The summed E-state index contributed by atoms with van der Waals surface area (Å²) in [6.07, 6.45) is 6.55. The van der Waals surface area contributed by atoms with Crippen LogP contribution in [0.4, 0.5) is 0 Å². The van der Waals surface area contributed by atoms with Crippen molar-refractivity contribution in [3.05, 3.63) is 12.2 Å². The van der Waals surface area contributed by atoms with Gasteiger partial charge in [-0.15, -0.1) is 0 Å². The number of hydrogen-bond donors (Lipinski definition) is 3. The van der Waals surface area contributed by atoms with Crippen molar-refractivity contribution < 1.29 is 0 Å². The van der Waals surface area contributed by atoms with Gasteiger partial charge in [-0.1, -0.05) is 12.8 Å². The zero-order valence-corrected chi connectivity index (χ0v) is 7.53. The van der Waals surface area contributed by atoms with Crippen LogP contribution in [-0.4, -0.2) is 15.2 Å². The topological polar surface area (TPSA) is 79.6 Å². The molecule has 0 bridgehead atoms. The first-order chi connectivity index (χ1) is 6.40. The Hall–Kier alpha value is -0.940. The van der Waals surface area contributed by atoms with Gasteiger partial charge in [-0.3, -0.25) is 10.9 Å². The van der Waals surface area contributed by atoms with Crippen molar-refractivity contribution in [2.24, 2.45) is 11.8 Å². The van der Waals surface area contributed by atoms with Gasteiger partial charge in [0, 0.05) is 0 Å². The molecule has 0 spiro atoms. The Bertz CT molecular complexity index is 241. The predicted molar refractivity (Wildman–Crippen MR) is 48.4 cm³/mol. The fourth-order valence-corrected chi connectivity index (χ4v) is 1.49. The quantitative estimate of drug-likeness (QED) is 0.456. The lowest BCUT2D eigenvalue weighted by Crippen LogP contribution is -2.28. The molecule has 1 aliphatic carbocycles. The molecule has 5 heteroatoms. The number of nitrogens with one attached hydrogen (secondary N) is 2. The predicted octanol–water partition coefficient (Wildman–Crippen LogP) is 0.499. The van der Waals surface area contributed by atoms with Crippen LogP contribution in [0.15, 0.2) is 6.33 Å². The molecule has 0 amide bonds. The van der Waals surface area contributed by atoms with Crippen LogP contribution in [0, 0.1) is 5.92 Å². The number of nitrogens with zero attached hydrogens (tertiary/aromatic N) is 2. The number of rotatable bonds is 5. The Kier molecular flexibility index (Phi) is 2.56. The molecule has 0 radical (unpaired) electrons. The third-order valence-electron chi connectivity index (χ3n) is 2.53. The van der Waals surface area contributed by atoms with Crippen LogP contribution in [0.3, 0.4) is 0 Å². The van der Waals surface area contributed by atoms with Crippen LogP contribution >= 0.6 is 0 Å². The lowest BCUT2D eigenvalue weighted by atomic mass is 10.1. The maximum atomic E-state index is 5.43. The third-order valence-corrected chi connectivity index (χ3v) is 2.53. The highest BCUT2D eigenvalue weighted by Crippen LogP contribution is 2.35. The minimum absolute atomic E-state index is 0.128. The van der Waals surface area contributed by atoms with E-state index < -0.39 is 0 Å². The van der Waals surface area contributed by atoms with E-state index in [9.17, 15) is 0 Å². The molecule has 1 saturated carbocycles. The molecule has 1 atom stereocenters. The third kappa shape index (κ3) is 2.26. The van der Waals surface area contributed by atoms with Gasteiger partial charge in [0.25, 0.3) is 0 Å². The lowest BCUT2D eigenvalue weighted by Gasteiger charge is -2.11. The fourth-order valence-electron chi connectivity index (χ4n) is 1.49. The van der Waals surface area contributed by atoms with E-state index in [1.54, 1.807) is 0 Å². The molecular weight excluding hydrogens is 166 g/mol. The summed E-state index contributed by atoms with van der Waals surface area (Å²) in [6, 6.07) is 0.128. The lowest BCUT2D eigenvalue weighted by molar-refractivity contribution is 0.462. The molecule has 0 saturated heterocycles. The Balaban J connectivity index is 1.85. The van der Waals surface area contributed by atoms with Crippen molar-refractivity contribution in [3.8, 4) is 0 Å². The maximum absolute atomic E-state index is 5.43. The minimum atomic E-state index is 0.128. The summed E-state index contributed by atoms with van der Waals surface area (Å²) < 4.78 is 0. The SMILES string of the molecule is NNC(CCC1CC1)c1ncn[nH]1. The molecule has 2 rings (SSSR count). The molecule has 0 aromatic carbocycles. The van der Waals surface area contributed by atoms with E-state index in [1.807, 2.05) is 0 Å². The Morgan fingerprint density at radius 1 is 1.69 bits per heavy atom. The van der Waals surface area contributed by atoms with Crippen molar-refractivity contribution in [2.45, 2.75) is 31.7 Å². The first kappa shape index (κ1) is 8.65. The molecule has 4 N–H and O–H groups in total. The average Bonchev–Trinajstić information content (AvgIpc) is 2.81. The highest BCUT2D eigenvalue weighted by atomic mass is 15.3. The second-order valence-corrected chi connectivity index (χ2v) is 3.61. The average molecular weight is 181 g/mol.